The molecule has 0 atom stereocenters. The highest BCUT2D eigenvalue weighted by atomic mass is 79.9. The normalized spacial score (nSPS) is 11.8. The Morgan fingerprint density at radius 3 is 2.24 bits per heavy atom. The fourth-order valence-electron chi connectivity index (χ4n) is 2.48. The summed E-state index contributed by atoms with van der Waals surface area (Å²) in [5.74, 6) is 0.168. The molecule has 0 N–H and O–H groups in total. The number of rotatable bonds is 5. The van der Waals surface area contributed by atoms with Gasteiger partial charge in [0.15, 0.2) is 5.75 Å². The van der Waals surface area contributed by atoms with Gasteiger partial charge in [0.1, 0.15) is 4.90 Å². The molecule has 0 saturated heterocycles. The summed E-state index contributed by atoms with van der Waals surface area (Å²) in [7, 11) is -3.96. The third kappa shape index (κ3) is 5.28. The average Bonchev–Trinajstić information content (AvgIpc) is 2.66. The zero-order chi connectivity index (χ0) is 21.2. The van der Waals surface area contributed by atoms with Crippen molar-refractivity contribution in [3.8, 4) is 5.75 Å². The van der Waals surface area contributed by atoms with Crippen LogP contribution in [-0.2, 0) is 10.1 Å². The van der Waals surface area contributed by atoms with Crippen LogP contribution in [0.5, 0.6) is 5.75 Å². The number of hydrogen-bond acceptors (Lipinski definition) is 4. The molecule has 3 aromatic rings. The van der Waals surface area contributed by atoms with E-state index in [2.05, 4.69) is 36.9 Å². The number of hydrogen-bond donors (Lipinski definition) is 0. The van der Waals surface area contributed by atoms with Gasteiger partial charge < -0.3 is 4.18 Å². The lowest BCUT2D eigenvalue weighted by molar-refractivity contribution is 0.483. The Balaban J connectivity index is 1.89. The maximum absolute atomic E-state index is 12.6. The first kappa shape index (κ1) is 22.0. The lowest BCUT2D eigenvalue weighted by Crippen LogP contribution is -2.10. The molecule has 0 aromatic heterocycles. The van der Waals surface area contributed by atoms with E-state index < -0.39 is 10.1 Å². The van der Waals surface area contributed by atoms with E-state index in [0.717, 1.165) is 22.4 Å². The van der Waals surface area contributed by atoms with Crippen LogP contribution in [0.2, 0.25) is 5.02 Å². The molecular weight excluding hydrogens is 542 g/mol. The first-order chi connectivity index (χ1) is 13.7. The minimum Gasteiger partial charge on any atom is -0.377 e. The molecule has 150 valence electrons. The van der Waals surface area contributed by atoms with Gasteiger partial charge in [-0.1, -0.05) is 35.4 Å². The largest absolute Gasteiger partial charge is 0.377 e. The Kier molecular flexibility index (Phi) is 6.83. The van der Waals surface area contributed by atoms with Crippen molar-refractivity contribution in [2.45, 2.75) is 18.7 Å². The molecule has 3 aromatic carbocycles. The molecule has 3 rings (SSSR count). The fraction of sp³-hybridized carbons (Fsp3) is 0.0952. The van der Waals surface area contributed by atoms with Gasteiger partial charge in [0, 0.05) is 11.2 Å². The first-order valence-electron chi connectivity index (χ1n) is 8.47. The van der Waals surface area contributed by atoms with Crippen LogP contribution in [0.25, 0.3) is 0 Å². The van der Waals surface area contributed by atoms with E-state index >= 15 is 0 Å². The van der Waals surface area contributed by atoms with Crippen molar-refractivity contribution in [2.24, 2.45) is 4.99 Å². The Bertz CT molecular complexity index is 1170. The van der Waals surface area contributed by atoms with E-state index in [1.165, 1.54) is 12.1 Å². The van der Waals surface area contributed by atoms with Crippen LogP contribution in [-0.4, -0.2) is 14.6 Å². The van der Waals surface area contributed by atoms with E-state index in [-0.39, 0.29) is 10.6 Å². The van der Waals surface area contributed by atoms with E-state index in [0.29, 0.717) is 14.0 Å². The Morgan fingerprint density at radius 1 is 1.00 bits per heavy atom. The molecule has 0 aliphatic carbocycles. The third-order valence-corrected chi connectivity index (χ3v) is 6.94. The van der Waals surface area contributed by atoms with Crippen LogP contribution in [0.4, 0.5) is 5.69 Å². The number of nitrogens with zero attached hydrogens (tertiary/aromatic N) is 1. The topological polar surface area (TPSA) is 55.7 Å². The van der Waals surface area contributed by atoms with Crippen molar-refractivity contribution in [1.29, 1.82) is 0 Å². The van der Waals surface area contributed by atoms with Gasteiger partial charge in [-0.3, -0.25) is 4.99 Å². The summed E-state index contributed by atoms with van der Waals surface area (Å²) in [5.41, 5.74) is 3.35. The zero-order valence-corrected chi connectivity index (χ0v) is 20.2. The fourth-order valence-corrected chi connectivity index (χ4v) is 5.21. The summed E-state index contributed by atoms with van der Waals surface area (Å²) in [6, 6.07) is 15.4. The zero-order valence-electron chi connectivity index (χ0n) is 15.5. The number of aryl methyl sites for hydroxylation is 1. The molecule has 0 saturated carbocycles. The summed E-state index contributed by atoms with van der Waals surface area (Å²) in [6.07, 6.45) is 1.67. The molecule has 29 heavy (non-hydrogen) atoms. The number of aliphatic imine (C=N–C) groups is 1. The Labute approximate surface area is 192 Å². The molecular formula is C21H16Br2ClNO3S. The maximum Gasteiger partial charge on any atom is 0.339 e. The Hall–Kier alpha value is -1.67. The van der Waals surface area contributed by atoms with Crippen LogP contribution in [0.15, 0.2) is 73.4 Å². The summed E-state index contributed by atoms with van der Waals surface area (Å²) in [5, 5.41) is 0.645. The number of benzene rings is 3. The van der Waals surface area contributed by atoms with Gasteiger partial charge in [-0.05, 0) is 93.2 Å². The van der Waals surface area contributed by atoms with Crippen molar-refractivity contribution in [3.63, 3.8) is 0 Å². The van der Waals surface area contributed by atoms with Crippen LogP contribution < -0.4 is 4.18 Å². The lowest BCUT2D eigenvalue weighted by atomic mass is 10.2. The van der Waals surface area contributed by atoms with Gasteiger partial charge in [-0.25, -0.2) is 0 Å². The van der Waals surface area contributed by atoms with Crippen molar-refractivity contribution in [1.82, 2.24) is 0 Å². The maximum atomic E-state index is 12.6. The molecule has 8 heteroatoms. The monoisotopic (exact) mass is 555 g/mol. The molecule has 0 fully saturated rings. The van der Waals surface area contributed by atoms with Gasteiger partial charge in [-0.15, -0.1) is 0 Å². The molecule has 0 aliphatic heterocycles. The van der Waals surface area contributed by atoms with E-state index in [4.69, 9.17) is 15.8 Å². The number of halogens is 3. The molecule has 0 unspecified atom stereocenters. The first-order valence-corrected chi connectivity index (χ1v) is 11.8. The predicted octanol–water partition coefficient (Wildman–Crippen LogP) is 7.00. The third-order valence-electron chi connectivity index (χ3n) is 4.12. The van der Waals surface area contributed by atoms with E-state index in [1.54, 1.807) is 30.5 Å². The second-order valence-electron chi connectivity index (χ2n) is 6.31. The minimum atomic E-state index is -3.96. The average molecular weight is 558 g/mol. The quantitative estimate of drug-likeness (QED) is 0.251. The Morgan fingerprint density at radius 2 is 1.62 bits per heavy atom. The molecule has 0 amide bonds. The van der Waals surface area contributed by atoms with E-state index in [9.17, 15) is 8.42 Å². The molecule has 0 radical (unpaired) electrons. The lowest BCUT2D eigenvalue weighted by Gasteiger charge is -2.11. The highest BCUT2D eigenvalue weighted by Crippen LogP contribution is 2.36. The highest BCUT2D eigenvalue weighted by molar-refractivity contribution is 9.11. The smallest absolute Gasteiger partial charge is 0.339 e. The van der Waals surface area contributed by atoms with Gasteiger partial charge >= 0.3 is 10.1 Å². The standard InChI is InChI=1S/C21H16Br2ClNO3S/c1-13-6-8-16(9-7-13)29(26,27)28-21-17(22)10-15(11-18(21)23)12-25-20-5-3-4-19(24)14(20)2/h3-12H,1-2H3. The van der Waals surface area contributed by atoms with Gasteiger partial charge in [0.05, 0.1) is 14.6 Å². The van der Waals surface area contributed by atoms with Gasteiger partial charge in [0.25, 0.3) is 0 Å². The summed E-state index contributed by atoms with van der Waals surface area (Å²) < 4.78 is 31.5. The minimum absolute atomic E-state index is 0.0870. The SMILES string of the molecule is Cc1ccc(S(=O)(=O)Oc2c(Br)cc(C=Nc3cccc(Cl)c3C)cc2Br)cc1. The van der Waals surface area contributed by atoms with Crippen LogP contribution in [0.1, 0.15) is 16.7 Å². The second-order valence-corrected chi connectivity index (χ2v) is 9.97. The van der Waals surface area contributed by atoms with Crippen molar-refractivity contribution in [2.75, 3.05) is 0 Å². The van der Waals surface area contributed by atoms with Crippen LogP contribution in [0, 0.1) is 13.8 Å². The molecule has 0 spiro atoms. The predicted molar refractivity (Wildman–Crippen MR) is 124 cm³/mol. The highest BCUT2D eigenvalue weighted by Gasteiger charge is 2.20. The van der Waals surface area contributed by atoms with Crippen molar-refractivity contribution in [3.05, 3.63) is 85.3 Å². The van der Waals surface area contributed by atoms with E-state index in [1.807, 2.05) is 32.0 Å². The molecule has 4 nitrogen and oxygen atoms in total. The van der Waals surface area contributed by atoms with Gasteiger partial charge in [0.2, 0.25) is 0 Å². The van der Waals surface area contributed by atoms with Crippen LogP contribution in [0.3, 0.4) is 0 Å². The summed E-state index contributed by atoms with van der Waals surface area (Å²) >= 11 is 12.9. The van der Waals surface area contributed by atoms with Crippen molar-refractivity contribution >= 4 is 65.5 Å². The van der Waals surface area contributed by atoms with Crippen LogP contribution >= 0.6 is 43.5 Å². The molecule has 0 aliphatic rings. The van der Waals surface area contributed by atoms with Gasteiger partial charge in [-0.2, -0.15) is 8.42 Å². The summed E-state index contributed by atoms with van der Waals surface area (Å²) in [6.45, 7) is 3.78. The molecule has 0 bridgehead atoms. The summed E-state index contributed by atoms with van der Waals surface area (Å²) in [4.78, 5) is 4.56. The van der Waals surface area contributed by atoms with Crippen molar-refractivity contribution < 1.29 is 12.6 Å². The second kappa shape index (κ2) is 9.00. The molecule has 0 heterocycles.